The van der Waals surface area contributed by atoms with E-state index in [1.807, 2.05) is 0 Å². The van der Waals surface area contributed by atoms with E-state index in [4.69, 9.17) is 9.40 Å². The number of rotatable bonds is 4. The fourth-order valence-corrected chi connectivity index (χ4v) is 3.21. The second kappa shape index (κ2) is 4.81. The van der Waals surface area contributed by atoms with Gasteiger partial charge in [-0.2, -0.15) is 0 Å². The minimum Gasteiger partial charge on any atom is -0.408 e. The van der Waals surface area contributed by atoms with Crippen LogP contribution in [0.4, 0.5) is 6.01 Å². The number of nitrogens with one attached hydrogen (secondary N) is 1. The van der Waals surface area contributed by atoms with E-state index in [9.17, 15) is 0 Å². The van der Waals surface area contributed by atoms with Gasteiger partial charge in [-0.05, 0) is 12.8 Å². The van der Waals surface area contributed by atoms with Crippen LogP contribution in [-0.4, -0.2) is 19.6 Å². The summed E-state index contributed by atoms with van der Waals surface area (Å²) in [6.45, 7) is 6.82. The summed E-state index contributed by atoms with van der Waals surface area (Å²) in [5.74, 6) is 1.27. The average molecular weight is 317 g/mol. The van der Waals surface area contributed by atoms with Gasteiger partial charge in [0.15, 0.2) is 4.96 Å². The van der Waals surface area contributed by atoms with Gasteiger partial charge in [0.2, 0.25) is 5.89 Å². The molecule has 0 aromatic carbocycles. The minimum absolute atomic E-state index is 0.136. The van der Waals surface area contributed by atoms with E-state index in [1.54, 1.807) is 11.3 Å². The minimum atomic E-state index is -0.136. The summed E-state index contributed by atoms with van der Waals surface area (Å²) in [6, 6.07) is 0.469. The van der Waals surface area contributed by atoms with Crippen molar-refractivity contribution in [2.24, 2.45) is 0 Å². The molecule has 0 saturated heterocycles. The Morgan fingerprint density at radius 2 is 2.18 bits per heavy atom. The van der Waals surface area contributed by atoms with E-state index in [-0.39, 0.29) is 5.41 Å². The summed E-state index contributed by atoms with van der Waals surface area (Å²) < 4.78 is 7.85. The second-order valence-corrected chi connectivity index (χ2v) is 7.66. The molecule has 1 fully saturated rings. The number of thiazole rings is 1. The van der Waals surface area contributed by atoms with Gasteiger partial charge in [0, 0.05) is 22.9 Å². The molecule has 3 aromatic rings. The van der Waals surface area contributed by atoms with Gasteiger partial charge in [-0.1, -0.05) is 25.9 Å². The molecule has 4 rings (SSSR count). The van der Waals surface area contributed by atoms with E-state index < -0.39 is 0 Å². The van der Waals surface area contributed by atoms with E-state index >= 15 is 0 Å². The summed E-state index contributed by atoms with van der Waals surface area (Å²) in [4.78, 5) is 5.82. The third-order valence-electron chi connectivity index (χ3n) is 3.83. The Morgan fingerprint density at radius 1 is 1.36 bits per heavy atom. The highest BCUT2D eigenvalue weighted by Gasteiger charge is 2.30. The van der Waals surface area contributed by atoms with Crippen LogP contribution in [0.15, 0.2) is 16.0 Å². The van der Waals surface area contributed by atoms with Crippen molar-refractivity contribution in [3.8, 4) is 0 Å². The molecule has 6 nitrogen and oxygen atoms in total. The molecule has 0 spiro atoms. The molecule has 0 atom stereocenters. The molecule has 1 N–H and O–H groups in total. The summed E-state index contributed by atoms with van der Waals surface area (Å²) in [5, 5.41) is 13.5. The monoisotopic (exact) mass is 317 g/mol. The molecule has 0 aliphatic heterocycles. The number of hydrogen-bond acceptors (Lipinski definition) is 6. The highest BCUT2D eigenvalue weighted by Crippen LogP contribution is 2.42. The number of fused-ring (bicyclic) bond motifs is 1. The Bertz CT molecular complexity index is 805. The van der Waals surface area contributed by atoms with Gasteiger partial charge in [0.05, 0.1) is 17.9 Å². The quantitative estimate of drug-likeness (QED) is 0.797. The Morgan fingerprint density at radius 3 is 2.86 bits per heavy atom. The van der Waals surface area contributed by atoms with Gasteiger partial charge >= 0.3 is 6.01 Å². The summed E-state index contributed by atoms with van der Waals surface area (Å²) in [5.41, 5.74) is 2.28. The van der Waals surface area contributed by atoms with E-state index in [2.05, 4.69) is 52.3 Å². The maximum atomic E-state index is 5.70. The molecule has 0 radical (unpaired) electrons. The smallest absolute Gasteiger partial charge is 0.315 e. The van der Waals surface area contributed by atoms with Crippen molar-refractivity contribution in [1.29, 1.82) is 0 Å². The van der Waals surface area contributed by atoms with Crippen LogP contribution in [-0.2, 0) is 12.0 Å². The van der Waals surface area contributed by atoms with Crippen LogP contribution in [0.3, 0.4) is 0 Å². The second-order valence-electron chi connectivity index (χ2n) is 6.79. The Labute approximate surface area is 132 Å². The highest BCUT2D eigenvalue weighted by molar-refractivity contribution is 7.15. The Balaban J connectivity index is 1.57. The first kappa shape index (κ1) is 13.8. The molecule has 3 aromatic heterocycles. The fourth-order valence-electron chi connectivity index (χ4n) is 2.47. The molecule has 116 valence electrons. The van der Waals surface area contributed by atoms with Crippen molar-refractivity contribution in [3.63, 3.8) is 0 Å². The lowest BCUT2D eigenvalue weighted by Crippen LogP contribution is -2.11. The number of anilines is 1. The molecule has 0 amide bonds. The zero-order valence-corrected chi connectivity index (χ0v) is 13.8. The summed E-state index contributed by atoms with van der Waals surface area (Å²) >= 11 is 1.67. The van der Waals surface area contributed by atoms with Gasteiger partial charge in [0.25, 0.3) is 0 Å². The molecule has 3 heterocycles. The lowest BCUT2D eigenvalue weighted by Gasteiger charge is -2.11. The first-order valence-corrected chi connectivity index (χ1v) is 8.42. The van der Waals surface area contributed by atoms with Crippen LogP contribution in [0.1, 0.15) is 56.8 Å². The largest absolute Gasteiger partial charge is 0.408 e. The van der Waals surface area contributed by atoms with Gasteiger partial charge in [-0.25, -0.2) is 4.98 Å². The molecule has 1 saturated carbocycles. The molecule has 22 heavy (non-hydrogen) atoms. The third-order valence-corrected chi connectivity index (χ3v) is 4.59. The van der Waals surface area contributed by atoms with Crippen molar-refractivity contribution >= 4 is 22.3 Å². The van der Waals surface area contributed by atoms with Crippen LogP contribution >= 0.6 is 11.3 Å². The summed E-state index contributed by atoms with van der Waals surface area (Å²) in [6.07, 6.45) is 4.56. The normalized spacial score (nSPS) is 15.6. The van der Waals surface area contributed by atoms with E-state index in [0.717, 1.165) is 4.96 Å². The van der Waals surface area contributed by atoms with E-state index in [0.29, 0.717) is 24.4 Å². The first-order valence-electron chi connectivity index (χ1n) is 7.54. The molecule has 0 bridgehead atoms. The lowest BCUT2D eigenvalue weighted by molar-refractivity contribution is 0.399. The number of aromatic nitrogens is 4. The standard InChI is InChI=1S/C15H19N5OS/c1-15(2,3)12-18-19-13(21-12)16-8-10-11(9-4-5-9)17-14-20(10)6-7-22-14/h6-7,9H,4-5,8H2,1-3H3,(H,16,19). The predicted molar refractivity (Wildman–Crippen MR) is 85.4 cm³/mol. The van der Waals surface area contributed by atoms with Gasteiger partial charge in [0.1, 0.15) is 0 Å². The Hall–Kier alpha value is -1.89. The van der Waals surface area contributed by atoms with Crippen molar-refractivity contribution in [3.05, 3.63) is 28.9 Å². The van der Waals surface area contributed by atoms with Crippen LogP contribution in [0, 0.1) is 0 Å². The zero-order chi connectivity index (χ0) is 15.3. The lowest BCUT2D eigenvalue weighted by atomic mass is 9.97. The van der Waals surface area contributed by atoms with Crippen molar-refractivity contribution in [2.75, 3.05) is 5.32 Å². The maximum Gasteiger partial charge on any atom is 0.315 e. The number of hydrogen-bond donors (Lipinski definition) is 1. The van der Waals surface area contributed by atoms with Crippen LogP contribution < -0.4 is 5.32 Å². The number of nitrogens with zero attached hydrogens (tertiary/aromatic N) is 4. The molecular formula is C15H19N5OS. The first-order chi connectivity index (χ1) is 10.5. The van der Waals surface area contributed by atoms with Crippen LogP contribution in [0.5, 0.6) is 0 Å². The predicted octanol–water partition coefficient (Wildman–Crippen LogP) is 3.57. The summed E-state index contributed by atoms with van der Waals surface area (Å²) in [7, 11) is 0. The van der Waals surface area contributed by atoms with Crippen molar-refractivity contribution in [2.45, 2.75) is 51.5 Å². The maximum absolute atomic E-state index is 5.70. The molecular weight excluding hydrogens is 298 g/mol. The average Bonchev–Trinajstić information content (AvgIpc) is 2.88. The van der Waals surface area contributed by atoms with Crippen LogP contribution in [0.25, 0.3) is 4.96 Å². The van der Waals surface area contributed by atoms with Gasteiger partial charge in [-0.3, -0.25) is 4.40 Å². The Kier molecular flexibility index (Phi) is 3.00. The molecule has 1 aliphatic rings. The van der Waals surface area contributed by atoms with Crippen molar-refractivity contribution in [1.82, 2.24) is 19.6 Å². The molecule has 7 heteroatoms. The van der Waals surface area contributed by atoms with E-state index in [1.165, 1.54) is 24.2 Å². The molecule has 1 aliphatic carbocycles. The van der Waals surface area contributed by atoms with Crippen molar-refractivity contribution < 1.29 is 4.42 Å². The topological polar surface area (TPSA) is 68.2 Å². The fraction of sp³-hybridized carbons (Fsp3) is 0.533. The molecule has 0 unspecified atom stereocenters. The number of imidazole rings is 1. The SMILES string of the molecule is CC(C)(C)c1nnc(NCc2c(C3CC3)nc3sccn23)o1. The van der Waals surface area contributed by atoms with Gasteiger partial charge < -0.3 is 9.73 Å². The zero-order valence-electron chi connectivity index (χ0n) is 13.0. The third kappa shape index (κ3) is 2.39. The highest BCUT2D eigenvalue weighted by atomic mass is 32.1. The van der Waals surface area contributed by atoms with Gasteiger partial charge in [-0.15, -0.1) is 16.4 Å². The van der Waals surface area contributed by atoms with Crippen LogP contribution in [0.2, 0.25) is 0 Å².